The Kier molecular flexibility index (Phi) is 5.43. The Bertz CT molecular complexity index is 994. The number of aliphatic hydroxyl groups is 1. The standard InChI is InChI=1S/C17H17ClFN5O3/c1-8(9-3-4-10(18)11(19)5-9)20-17(26)22-14-6-12-15(13(7-25)21-14)16(27-2)24-23-12/h3-6,8,25H,7H2,1-2H3,(H,23,24)(H2,20,21,22,26)/t8-/m1/s1. The van der Waals surface area contributed by atoms with E-state index in [9.17, 15) is 14.3 Å². The Morgan fingerprint density at radius 3 is 2.89 bits per heavy atom. The summed E-state index contributed by atoms with van der Waals surface area (Å²) in [5.41, 5.74) is 1.42. The molecule has 0 unspecified atom stereocenters. The first-order valence-corrected chi connectivity index (χ1v) is 8.36. The summed E-state index contributed by atoms with van der Waals surface area (Å²) in [5.74, 6) is -0.0445. The molecule has 0 radical (unpaired) electrons. The van der Waals surface area contributed by atoms with Gasteiger partial charge in [-0.2, -0.15) is 0 Å². The molecule has 3 rings (SSSR count). The summed E-state index contributed by atoms with van der Waals surface area (Å²) < 4.78 is 18.7. The zero-order valence-corrected chi connectivity index (χ0v) is 15.3. The molecule has 10 heteroatoms. The van der Waals surface area contributed by atoms with Crippen molar-refractivity contribution in [2.24, 2.45) is 0 Å². The minimum absolute atomic E-state index is 0.0134. The second-order valence-electron chi connectivity index (χ2n) is 5.76. The van der Waals surface area contributed by atoms with Crippen LogP contribution in [-0.2, 0) is 6.61 Å². The number of nitrogens with zero attached hydrogens (tertiary/aromatic N) is 2. The number of urea groups is 1. The van der Waals surface area contributed by atoms with Gasteiger partial charge in [-0.25, -0.2) is 14.2 Å². The van der Waals surface area contributed by atoms with Crippen LogP contribution in [0.25, 0.3) is 10.9 Å². The molecule has 2 heterocycles. The number of anilines is 1. The molecule has 1 atom stereocenters. The van der Waals surface area contributed by atoms with Gasteiger partial charge in [0.25, 0.3) is 0 Å². The summed E-state index contributed by atoms with van der Waals surface area (Å²) in [7, 11) is 1.46. The highest BCUT2D eigenvalue weighted by molar-refractivity contribution is 6.30. The molecule has 27 heavy (non-hydrogen) atoms. The number of fused-ring (bicyclic) bond motifs is 1. The minimum atomic E-state index is -0.559. The van der Waals surface area contributed by atoms with Gasteiger partial charge in [-0.05, 0) is 24.6 Å². The number of ether oxygens (including phenoxy) is 1. The molecule has 0 aliphatic carbocycles. The number of carbonyl (C=O) groups excluding carboxylic acids is 1. The lowest BCUT2D eigenvalue weighted by molar-refractivity contribution is 0.249. The van der Waals surface area contributed by atoms with Crippen LogP contribution in [0.3, 0.4) is 0 Å². The molecule has 0 spiro atoms. The first kappa shape index (κ1) is 18.9. The van der Waals surface area contributed by atoms with Crippen molar-refractivity contribution in [3.05, 3.63) is 46.4 Å². The summed E-state index contributed by atoms with van der Waals surface area (Å²) in [6.07, 6.45) is 0. The molecule has 0 bridgehead atoms. The highest BCUT2D eigenvalue weighted by Gasteiger charge is 2.16. The van der Waals surface area contributed by atoms with Crippen LogP contribution in [-0.4, -0.2) is 33.4 Å². The van der Waals surface area contributed by atoms with Crippen molar-refractivity contribution in [1.29, 1.82) is 0 Å². The van der Waals surface area contributed by atoms with Gasteiger partial charge < -0.3 is 15.2 Å². The minimum Gasteiger partial charge on any atom is -0.479 e. The highest BCUT2D eigenvalue weighted by atomic mass is 35.5. The molecular formula is C17H17ClFN5O3. The topological polar surface area (TPSA) is 112 Å². The van der Waals surface area contributed by atoms with Crippen LogP contribution in [0.4, 0.5) is 15.0 Å². The van der Waals surface area contributed by atoms with Gasteiger partial charge in [-0.15, -0.1) is 5.10 Å². The average molecular weight is 394 g/mol. The number of H-pyrrole nitrogens is 1. The molecule has 0 saturated carbocycles. The van der Waals surface area contributed by atoms with Crippen LogP contribution < -0.4 is 15.4 Å². The molecule has 0 aliphatic heterocycles. The van der Waals surface area contributed by atoms with Gasteiger partial charge >= 0.3 is 6.03 Å². The Hall–Kier alpha value is -2.91. The van der Waals surface area contributed by atoms with E-state index >= 15 is 0 Å². The summed E-state index contributed by atoms with van der Waals surface area (Å²) >= 11 is 5.67. The van der Waals surface area contributed by atoms with Gasteiger partial charge in [0.2, 0.25) is 5.88 Å². The van der Waals surface area contributed by atoms with Gasteiger partial charge in [0.1, 0.15) is 11.6 Å². The predicted molar refractivity (Wildman–Crippen MR) is 98.3 cm³/mol. The number of methoxy groups -OCH3 is 1. The third-order valence-corrected chi connectivity index (χ3v) is 4.27. The Labute approximate surface area is 158 Å². The van der Waals surface area contributed by atoms with Crippen LogP contribution in [0.2, 0.25) is 5.02 Å². The second kappa shape index (κ2) is 7.77. The van der Waals surface area contributed by atoms with E-state index in [4.69, 9.17) is 16.3 Å². The number of amides is 2. The number of aromatic amines is 1. The number of carbonyl (C=O) groups is 1. The molecule has 3 aromatic rings. The lowest BCUT2D eigenvalue weighted by Gasteiger charge is -2.15. The largest absolute Gasteiger partial charge is 0.479 e. The molecule has 2 aromatic heterocycles. The smallest absolute Gasteiger partial charge is 0.320 e. The fourth-order valence-corrected chi connectivity index (χ4v) is 2.75. The number of hydrogen-bond donors (Lipinski definition) is 4. The van der Waals surface area contributed by atoms with Crippen molar-refractivity contribution in [2.75, 3.05) is 12.4 Å². The first-order chi connectivity index (χ1) is 12.9. The number of rotatable bonds is 5. The molecule has 1 aromatic carbocycles. The van der Waals surface area contributed by atoms with Gasteiger partial charge in [-0.1, -0.05) is 17.7 Å². The average Bonchev–Trinajstić information content (AvgIpc) is 3.06. The van der Waals surface area contributed by atoms with Crippen LogP contribution in [0.15, 0.2) is 24.3 Å². The van der Waals surface area contributed by atoms with E-state index < -0.39 is 17.9 Å². The zero-order chi connectivity index (χ0) is 19.6. The zero-order valence-electron chi connectivity index (χ0n) is 14.5. The summed E-state index contributed by atoms with van der Waals surface area (Å²) in [5, 5.41) is 22.1. The van der Waals surface area contributed by atoms with Crippen molar-refractivity contribution >= 4 is 34.4 Å². The van der Waals surface area contributed by atoms with E-state index in [2.05, 4.69) is 25.8 Å². The number of aromatic nitrogens is 3. The van der Waals surface area contributed by atoms with Crippen molar-refractivity contribution in [2.45, 2.75) is 19.6 Å². The molecule has 4 N–H and O–H groups in total. The van der Waals surface area contributed by atoms with Gasteiger partial charge in [0.05, 0.1) is 41.4 Å². The number of pyridine rings is 1. The monoisotopic (exact) mass is 393 g/mol. The molecule has 0 fully saturated rings. The van der Waals surface area contributed by atoms with Crippen LogP contribution in [0.1, 0.15) is 24.2 Å². The Morgan fingerprint density at radius 2 is 2.22 bits per heavy atom. The predicted octanol–water partition coefficient (Wildman–Crippen LogP) is 3.13. The second-order valence-corrected chi connectivity index (χ2v) is 6.17. The quantitative estimate of drug-likeness (QED) is 0.532. The van der Waals surface area contributed by atoms with Crippen LogP contribution in [0.5, 0.6) is 5.88 Å². The molecular weight excluding hydrogens is 377 g/mol. The number of halogens is 2. The van der Waals surface area contributed by atoms with E-state index in [-0.39, 0.29) is 17.4 Å². The highest BCUT2D eigenvalue weighted by Crippen LogP contribution is 2.27. The van der Waals surface area contributed by atoms with Crippen molar-refractivity contribution in [3.8, 4) is 5.88 Å². The Balaban J connectivity index is 1.76. The molecule has 0 aliphatic rings. The Morgan fingerprint density at radius 1 is 1.44 bits per heavy atom. The van der Waals surface area contributed by atoms with E-state index in [1.807, 2.05) is 0 Å². The summed E-state index contributed by atoms with van der Waals surface area (Å²) in [6, 6.07) is 4.87. The number of hydrogen-bond acceptors (Lipinski definition) is 5. The maximum Gasteiger partial charge on any atom is 0.320 e. The van der Waals surface area contributed by atoms with Crippen LogP contribution in [0, 0.1) is 5.82 Å². The molecule has 8 nitrogen and oxygen atoms in total. The number of benzene rings is 1. The summed E-state index contributed by atoms with van der Waals surface area (Å²) in [6.45, 7) is 1.35. The van der Waals surface area contributed by atoms with E-state index in [0.717, 1.165) is 0 Å². The number of aliphatic hydroxyl groups excluding tert-OH is 1. The normalized spacial score (nSPS) is 12.0. The lowest BCUT2D eigenvalue weighted by Crippen LogP contribution is -2.31. The third-order valence-electron chi connectivity index (χ3n) is 3.96. The van der Waals surface area contributed by atoms with E-state index in [1.165, 1.54) is 19.2 Å². The van der Waals surface area contributed by atoms with Crippen molar-refractivity contribution < 1.29 is 19.0 Å². The third kappa shape index (κ3) is 3.93. The lowest BCUT2D eigenvalue weighted by atomic mass is 10.1. The van der Waals surface area contributed by atoms with Gasteiger partial charge in [-0.3, -0.25) is 10.4 Å². The SMILES string of the molecule is COc1n[nH]c2cc(NC(=O)N[C@H](C)c3ccc(Cl)c(F)c3)nc(CO)c12. The van der Waals surface area contributed by atoms with E-state index in [0.29, 0.717) is 28.0 Å². The van der Waals surface area contributed by atoms with Gasteiger partial charge in [0, 0.05) is 6.07 Å². The van der Waals surface area contributed by atoms with E-state index in [1.54, 1.807) is 19.1 Å². The van der Waals surface area contributed by atoms with Crippen molar-refractivity contribution in [3.63, 3.8) is 0 Å². The summed E-state index contributed by atoms with van der Waals surface area (Å²) in [4.78, 5) is 16.5. The molecule has 142 valence electrons. The maximum absolute atomic E-state index is 13.6. The fourth-order valence-electron chi connectivity index (χ4n) is 2.63. The molecule has 0 saturated heterocycles. The first-order valence-electron chi connectivity index (χ1n) is 7.98. The molecule has 2 amide bonds. The maximum atomic E-state index is 13.6. The van der Waals surface area contributed by atoms with Gasteiger partial charge in [0.15, 0.2) is 0 Å². The number of nitrogens with one attached hydrogen (secondary N) is 3. The van der Waals surface area contributed by atoms with Crippen molar-refractivity contribution in [1.82, 2.24) is 20.5 Å². The van der Waals surface area contributed by atoms with Crippen LogP contribution >= 0.6 is 11.6 Å². The fraction of sp³-hybridized carbons (Fsp3) is 0.235.